The van der Waals surface area contributed by atoms with Crippen LogP contribution in [-0.2, 0) is 0 Å². The first kappa shape index (κ1) is 11.5. The first-order chi connectivity index (χ1) is 7.66. The molecule has 2 nitrogen and oxygen atoms in total. The molecule has 0 aliphatic heterocycles. The lowest BCUT2D eigenvalue weighted by atomic mass is 10.3. The van der Waals surface area contributed by atoms with Gasteiger partial charge in [-0.1, -0.05) is 29.3 Å². The number of benzene rings is 1. The summed E-state index contributed by atoms with van der Waals surface area (Å²) < 4.78 is 0. The third-order valence-corrected chi connectivity index (χ3v) is 3.48. The van der Waals surface area contributed by atoms with E-state index in [9.17, 15) is 4.79 Å². The van der Waals surface area contributed by atoms with Gasteiger partial charge >= 0.3 is 0 Å². The number of carbonyl (C=O) groups excluding carboxylic acids is 1. The van der Waals surface area contributed by atoms with Gasteiger partial charge in [-0.25, -0.2) is 0 Å². The number of carbonyl (C=O) groups is 1. The molecule has 1 N–H and O–H groups in total. The van der Waals surface area contributed by atoms with E-state index in [-0.39, 0.29) is 5.91 Å². The third kappa shape index (κ3) is 2.55. The van der Waals surface area contributed by atoms with E-state index in [1.807, 2.05) is 0 Å². The minimum absolute atomic E-state index is 0.220. The molecule has 0 spiro atoms. The van der Waals surface area contributed by atoms with E-state index in [1.54, 1.807) is 35.7 Å². The van der Waals surface area contributed by atoms with Crippen LogP contribution in [0.25, 0.3) is 0 Å². The molecule has 0 aliphatic rings. The van der Waals surface area contributed by atoms with Crippen molar-refractivity contribution in [2.75, 3.05) is 5.32 Å². The number of anilines is 1. The van der Waals surface area contributed by atoms with Gasteiger partial charge in [-0.05, 0) is 29.6 Å². The predicted molar refractivity (Wildman–Crippen MR) is 68.7 cm³/mol. The molecule has 0 aliphatic carbocycles. The molecule has 1 heterocycles. The summed E-state index contributed by atoms with van der Waals surface area (Å²) in [6.45, 7) is 0. The van der Waals surface area contributed by atoms with Crippen LogP contribution in [0, 0.1) is 0 Å². The zero-order chi connectivity index (χ0) is 11.5. The molecule has 0 saturated carbocycles. The van der Waals surface area contributed by atoms with Crippen LogP contribution >= 0.6 is 34.5 Å². The van der Waals surface area contributed by atoms with E-state index >= 15 is 0 Å². The molecule has 2 rings (SSSR count). The first-order valence-corrected chi connectivity index (χ1v) is 6.10. The first-order valence-electron chi connectivity index (χ1n) is 4.47. The Kier molecular flexibility index (Phi) is 3.49. The summed E-state index contributed by atoms with van der Waals surface area (Å²) in [6, 6.07) is 8.66. The Morgan fingerprint density at radius 1 is 1.25 bits per heavy atom. The van der Waals surface area contributed by atoms with Gasteiger partial charge in [0.15, 0.2) is 0 Å². The van der Waals surface area contributed by atoms with E-state index in [2.05, 4.69) is 5.32 Å². The largest absolute Gasteiger partial charge is 0.321 e. The molecule has 1 aromatic carbocycles. The molecule has 0 fully saturated rings. The van der Waals surface area contributed by atoms with Crippen molar-refractivity contribution < 1.29 is 4.79 Å². The quantitative estimate of drug-likeness (QED) is 0.867. The lowest BCUT2D eigenvalue weighted by Crippen LogP contribution is -2.10. The summed E-state index contributed by atoms with van der Waals surface area (Å²) >= 11 is 13.0. The zero-order valence-corrected chi connectivity index (χ0v) is 10.4. The maximum atomic E-state index is 11.8. The van der Waals surface area contributed by atoms with Crippen LogP contribution in [0.4, 0.5) is 5.69 Å². The second-order valence-electron chi connectivity index (χ2n) is 3.06. The summed E-state index contributed by atoms with van der Waals surface area (Å²) in [5, 5.41) is 5.54. The van der Waals surface area contributed by atoms with Gasteiger partial charge in [0.1, 0.15) is 4.88 Å². The topological polar surface area (TPSA) is 29.1 Å². The molecule has 16 heavy (non-hydrogen) atoms. The SMILES string of the molecule is O=C(Nc1cccc(Cl)c1)c1sccc1Cl. The fraction of sp³-hybridized carbons (Fsp3) is 0. The molecule has 0 atom stereocenters. The van der Waals surface area contributed by atoms with Crippen molar-refractivity contribution in [2.24, 2.45) is 0 Å². The van der Waals surface area contributed by atoms with Crippen LogP contribution in [0.5, 0.6) is 0 Å². The normalized spacial score (nSPS) is 10.1. The van der Waals surface area contributed by atoms with Crippen molar-refractivity contribution in [2.45, 2.75) is 0 Å². The fourth-order valence-corrected chi connectivity index (χ4v) is 2.44. The second kappa shape index (κ2) is 4.87. The van der Waals surface area contributed by atoms with Gasteiger partial charge in [-0.3, -0.25) is 4.79 Å². The van der Waals surface area contributed by atoms with E-state index < -0.39 is 0 Å². The highest BCUT2D eigenvalue weighted by atomic mass is 35.5. The smallest absolute Gasteiger partial charge is 0.267 e. The molecule has 0 saturated heterocycles. The lowest BCUT2D eigenvalue weighted by Gasteiger charge is -2.03. The van der Waals surface area contributed by atoms with Crippen LogP contribution in [0.1, 0.15) is 9.67 Å². The van der Waals surface area contributed by atoms with Gasteiger partial charge in [0.25, 0.3) is 5.91 Å². The number of hydrogen-bond donors (Lipinski definition) is 1. The highest BCUT2D eigenvalue weighted by Crippen LogP contribution is 2.23. The molecule has 0 bridgehead atoms. The summed E-state index contributed by atoms with van der Waals surface area (Å²) in [7, 11) is 0. The molecular formula is C11H7Cl2NOS. The van der Waals surface area contributed by atoms with Crippen LogP contribution < -0.4 is 5.32 Å². The summed E-state index contributed by atoms with van der Waals surface area (Å²) in [5.74, 6) is -0.220. The predicted octanol–water partition coefficient (Wildman–Crippen LogP) is 4.31. The minimum atomic E-state index is -0.220. The van der Waals surface area contributed by atoms with E-state index in [0.29, 0.717) is 20.6 Å². The van der Waals surface area contributed by atoms with E-state index in [1.165, 1.54) is 11.3 Å². The average Bonchev–Trinajstić information content (AvgIpc) is 2.64. The highest BCUT2D eigenvalue weighted by molar-refractivity contribution is 7.12. The Bertz CT molecular complexity index is 524. The van der Waals surface area contributed by atoms with Crippen molar-refractivity contribution in [1.29, 1.82) is 0 Å². The number of halogens is 2. The third-order valence-electron chi connectivity index (χ3n) is 1.91. The number of nitrogens with one attached hydrogen (secondary N) is 1. The van der Waals surface area contributed by atoms with Crippen LogP contribution in [0.15, 0.2) is 35.7 Å². The lowest BCUT2D eigenvalue weighted by molar-refractivity contribution is 0.103. The van der Waals surface area contributed by atoms with Crippen molar-refractivity contribution in [3.63, 3.8) is 0 Å². The van der Waals surface area contributed by atoms with E-state index in [4.69, 9.17) is 23.2 Å². The van der Waals surface area contributed by atoms with Crippen LogP contribution in [0.2, 0.25) is 10.0 Å². The Labute approximate surface area is 107 Å². The highest BCUT2D eigenvalue weighted by Gasteiger charge is 2.11. The summed E-state index contributed by atoms with van der Waals surface area (Å²) in [4.78, 5) is 12.3. The maximum Gasteiger partial charge on any atom is 0.267 e. The van der Waals surface area contributed by atoms with Crippen LogP contribution in [0.3, 0.4) is 0 Å². The maximum absolute atomic E-state index is 11.8. The van der Waals surface area contributed by atoms with Gasteiger partial charge in [0.2, 0.25) is 0 Å². The van der Waals surface area contributed by atoms with Gasteiger partial charge in [0.05, 0.1) is 5.02 Å². The van der Waals surface area contributed by atoms with Crippen molar-refractivity contribution >= 4 is 46.1 Å². The number of amides is 1. The minimum Gasteiger partial charge on any atom is -0.321 e. The second-order valence-corrected chi connectivity index (χ2v) is 4.82. The average molecular weight is 272 g/mol. The van der Waals surface area contributed by atoms with Crippen LogP contribution in [-0.4, -0.2) is 5.91 Å². The molecule has 82 valence electrons. The number of rotatable bonds is 2. The van der Waals surface area contributed by atoms with Crippen molar-refractivity contribution in [3.05, 3.63) is 50.6 Å². The molecular weight excluding hydrogens is 265 g/mol. The van der Waals surface area contributed by atoms with Crippen molar-refractivity contribution in [1.82, 2.24) is 0 Å². The molecule has 0 unspecified atom stereocenters. The Morgan fingerprint density at radius 2 is 2.06 bits per heavy atom. The van der Waals surface area contributed by atoms with Gasteiger partial charge < -0.3 is 5.32 Å². The Hall–Kier alpha value is -1.03. The molecule has 1 amide bonds. The number of hydrogen-bond acceptors (Lipinski definition) is 2. The molecule has 5 heteroatoms. The van der Waals surface area contributed by atoms with Gasteiger partial charge in [-0.2, -0.15) is 0 Å². The van der Waals surface area contributed by atoms with Gasteiger partial charge in [0, 0.05) is 10.7 Å². The number of thiophene rings is 1. The standard InChI is InChI=1S/C11H7Cl2NOS/c12-7-2-1-3-8(6-7)14-11(15)10-9(13)4-5-16-10/h1-6H,(H,14,15). The molecule has 0 radical (unpaired) electrons. The Balaban J connectivity index is 2.17. The summed E-state index contributed by atoms with van der Waals surface area (Å²) in [5.41, 5.74) is 0.655. The van der Waals surface area contributed by atoms with Gasteiger partial charge in [-0.15, -0.1) is 11.3 Å². The van der Waals surface area contributed by atoms with Crippen molar-refractivity contribution in [3.8, 4) is 0 Å². The van der Waals surface area contributed by atoms with E-state index in [0.717, 1.165) is 0 Å². The molecule has 2 aromatic rings. The molecule has 1 aromatic heterocycles. The fourth-order valence-electron chi connectivity index (χ4n) is 1.21. The Morgan fingerprint density at radius 3 is 2.69 bits per heavy atom. The zero-order valence-electron chi connectivity index (χ0n) is 8.04. The summed E-state index contributed by atoms with van der Waals surface area (Å²) in [6.07, 6.45) is 0. The monoisotopic (exact) mass is 271 g/mol.